The van der Waals surface area contributed by atoms with E-state index in [1.165, 1.54) is 23.5 Å². The maximum absolute atomic E-state index is 12.8. The van der Waals surface area contributed by atoms with Crippen LogP contribution in [-0.2, 0) is 6.18 Å². The fourth-order valence-corrected chi connectivity index (χ4v) is 3.17. The van der Waals surface area contributed by atoms with Crippen molar-refractivity contribution in [2.45, 2.75) is 6.18 Å². The fraction of sp³-hybridized carbons (Fsp3) is 0.0667. The number of benzene rings is 2. The molecule has 22 heavy (non-hydrogen) atoms. The Morgan fingerprint density at radius 1 is 1.09 bits per heavy atom. The average molecular weight is 342 g/mol. The number of alkyl halides is 3. The molecule has 0 aliphatic carbocycles. The first-order valence-electron chi connectivity index (χ1n) is 6.22. The summed E-state index contributed by atoms with van der Waals surface area (Å²) in [6, 6.07) is 10.1. The highest BCUT2D eigenvalue weighted by molar-refractivity contribution is 7.23. The Labute approximate surface area is 133 Å². The van der Waals surface area contributed by atoms with Crippen molar-refractivity contribution in [2.75, 3.05) is 5.32 Å². The summed E-state index contributed by atoms with van der Waals surface area (Å²) in [6.45, 7) is 0. The Kier molecular flexibility index (Phi) is 3.66. The van der Waals surface area contributed by atoms with Crippen LogP contribution in [0.2, 0.25) is 5.02 Å². The Morgan fingerprint density at radius 2 is 1.86 bits per heavy atom. The van der Waals surface area contributed by atoms with Gasteiger partial charge in [0.15, 0.2) is 0 Å². The molecule has 2 aromatic carbocycles. The first-order chi connectivity index (χ1) is 10.3. The van der Waals surface area contributed by atoms with E-state index >= 15 is 0 Å². The monoisotopic (exact) mass is 341 g/mol. The van der Waals surface area contributed by atoms with Crippen molar-refractivity contribution >= 4 is 49.4 Å². The topological polar surface area (TPSA) is 35.8 Å². The van der Waals surface area contributed by atoms with Crippen LogP contribution in [0.5, 0.6) is 0 Å². The van der Waals surface area contributed by atoms with E-state index < -0.39 is 11.7 Å². The number of hydrogen-bond acceptors (Lipinski definition) is 2. The minimum Gasteiger partial charge on any atom is -0.353 e. The van der Waals surface area contributed by atoms with Gasteiger partial charge < -0.3 is 5.32 Å². The SMILES string of the molecule is [NH]c1sc2ccc(Cl)cc2c1Nc1cccc(C(F)(F)F)c1. The zero-order valence-electron chi connectivity index (χ0n) is 11.0. The number of hydrogen-bond donors (Lipinski definition) is 1. The second kappa shape index (κ2) is 5.37. The number of thiophene rings is 1. The second-order valence-corrected chi connectivity index (χ2v) is 6.14. The molecule has 7 heteroatoms. The van der Waals surface area contributed by atoms with Crippen LogP contribution in [-0.4, -0.2) is 0 Å². The van der Waals surface area contributed by atoms with Crippen LogP contribution in [0.1, 0.15) is 5.56 Å². The van der Waals surface area contributed by atoms with E-state index in [0.29, 0.717) is 10.7 Å². The summed E-state index contributed by atoms with van der Waals surface area (Å²) in [5.41, 5.74) is 7.99. The van der Waals surface area contributed by atoms with Gasteiger partial charge >= 0.3 is 6.18 Å². The molecule has 1 radical (unpaired) electrons. The summed E-state index contributed by atoms with van der Waals surface area (Å²) >= 11 is 7.19. The maximum atomic E-state index is 12.8. The van der Waals surface area contributed by atoms with Gasteiger partial charge in [-0.3, -0.25) is 5.73 Å². The predicted octanol–water partition coefficient (Wildman–Crippen LogP) is 6.23. The molecule has 3 aromatic rings. The van der Waals surface area contributed by atoms with Gasteiger partial charge in [-0.05, 0) is 36.4 Å². The molecule has 3 rings (SSSR count). The third-order valence-corrected chi connectivity index (χ3v) is 4.33. The molecule has 0 bridgehead atoms. The molecular weight excluding hydrogens is 333 g/mol. The van der Waals surface area contributed by atoms with Crippen LogP contribution < -0.4 is 11.1 Å². The zero-order valence-corrected chi connectivity index (χ0v) is 12.5. The summed E-state index contributed by atoms with van der Waals surface area (Å²) in [4.78, 5) is 0. The van der Waals surface area contributed by atoms with E-state index in [9.17, 15) is 13.2 Å². The van der Waals surface area contributed by atoms with Gasteiger partial charge in [0, 0.05) is 20.8 Å². The molecule has 0 saturated carbocycles. The van der Waals surface area contributed by atoms with E-state index in [1.807, 2.05) is 0 Å². The summed E-state index contributed by atoms with van der Waals surface area (Å²) in [6.07, 6.45) is -4.40. The van der Waals surface area contributed by atoms with Crippen LogP contribution >= 0.6 is 22.9 Å². The standard InChI is InChI=1S/C15H9ClF3N2S/c16-9-4-5-12-11(7-9)13(14(20)22-12)21-10-3-1-2-8(6-10)15(17,18)19/h1-7,20-21H. The average Bonchev–Trinajstić information content (AvgIpc) is 2.75. The lowest BCUT2D eigenvalue weighted by molar-refractivity contribution is -0.137. The molecule has 2 nitrogen and oxygen atoms in total. The molecular formula is C15H9ClF3N2S. The summed E-state index contributed by atoms with van der Waals surface area (Å²) in [5.74, 6) is 0. The lowest BCUT2D eigenvalue weighted by Gasteiger charge is -2.10. The minimum absolute atomic E-state index is 0.245. The predicted molar refractivity (Wildman–Crippen MR) is 84.3 cm³/mol. The molecule has 0 fully saturated rings. The van der Waals surface area contributed by atoms with Gasteiger partial charge in [0.05, 0.1) is 11.3 Å². The minimum atomic E-state index is -4.40. The maximum Gasteiger partial charge on any atom is 0.416 e. The van der Waals surface area contributed by atoms with Gasteiger partial charge in [-0.2, -0.15) is 13.2 Å². The Hall–Kier alpha value is -1.92. The van der Waals surface area contributed by atoms with Crippen molar-refractivity contribution in [3.05, 3.63) is 53.1 Å². The molecule has 1 aromatic heterocycles. The molecule has 0 aliphatic rings. The highest BCUT2D eigenvalue weighted by atomic mass is 35.5. The second-order valence-electron chi connectivity index (χ2n) is 4.65. The van der Waals surface area contributed by atoms with Gasteiger partial charge in [-0.25, -0.2) is 0 Å². The quantitative estimate of drug-likeness (QED) is 0.589. The molecule has 0 atom stereocenters. The Balaban J connectivity index is 2.03. The van der Waals surface area contributed by atoms with E-state index in [4.69, 9.17) is 17.3 Å². The van der Waals surface area contributed by atoms with Crippen molar-refractivity contribution < 1.29 is 13.2 Å². The first kappa shape index (κ1) is 15.0. The Bertz CT molecular complexity index is 842. The number of nitrogens with one attached hydrogen (secondary N) is 2. The van der Waals surface area contributed by atoms with Gasteiger partial charge in [0.1, 0.15) is 5.00 Å². The van der Waals surface area contributed by atoms with Crippen LogP contribution in [0.25, 0.3) is 10.1 Å². The van der Waals surface area contributed by atoms with Crippen molar-refractivity contribution in [3.63, 3.8) is 0 Å². The van der Waals surface area contributed by atoms with Gasteiger partial charge in [0.25, 0.3) is 0 Å². The number of anilines is 2. The first-order valence-corrected chi connectivity index (χ1v) is 7.42. The molecule has 0 spiro atoms. The van der Waals surface area contributed by atoms with Crippen molar-refractivity contribution in [2.24, 2.45) is 0 Å². The largest absolute Gasteiger partial charge is 0.416 e. The van der Waals surface area contributed by atoms with Crippen LogP contribution in [0.3, 0.4) is 0 Å². The third-order valence-electron chi connectivity index (χ3n) is 3.11. The highest BCUT2D eigenvalue weighted by Crippen LogP contribution is 2.42. The van der Waals surface area contributed by atoms with E-state index in [0.717, 1.165) is 22.2 Å². The fourth-order valence-electron chi connectivity index (χ4n) is 2.11. The smallest absolute Gasteiger partial charge is 0.353 e. The van der Waals surface area contributed by atoms with Crippen molar-refractivity contribution in [3.8, 4) is 0 Å². The lowest BCUT2D eigenvalue weighted by atomic mass is 10.2. The number of fused-ring (bicyclic) bond motifs is 1. The highest BCUT2D eigenvalue weighted by Gasteiger charge is 2.30. The molecule has 0 saturated heterocycles. The lowest BCUT2D eigenvalue weighted by Crippen LogP contribution is -2.05. The molecule has 1 heterocycles. The van der Waals surface area contributed by atoms with Crippen molar-refractivity contribution in [1.82, 2.24) is 5.73 Å². The molecule has 0 aliphatic heterocycles. The summed E-state index contributed by atoms with van der Waals surface area (Å²) in [7, 11) is 0. The molecule has 2 N–H and O–H groups in total. The van der Waals surface area contributed by atoms with Crippen LogP contribution in [0.4, 0.5) is 29.5 Å². The van der Waals surface area contributed by atoms with Gasteiger partial charge in [0.2, 0.25) is 0 Å². The molecule has 113 valence electrons. The third kappa shape index (κ3) is 2.84. The number of halogens is 4. The summed E-state index contributed by atoms with van der Waals surface area (Å²) < 4.78 is 39.1. The van der Waals surface area contributed by atoms with E-state index in [-0.39, 0.29) is 10.7 Å². The Morgan fingerprint density at radius 3 is 2.59 bits per heavy atom. The van der Waals surface area contributed by atoms with Crippen LogP contribution in [0, 0.1) is 0 Å². The van der Waals surface area contributed by atoms with Crippen LogP contribution in [0.15, 0.2) is 42.5 Å². The van der Waals surface area contributed by atoms with E-state index in [1.54, 1.807) is 18.2 Å². The van der Waals surface area contributed by atoms with E-state index in [2.05, 4.69) is 5.32 Å². The van der Waals surface area contributed by atoms with Crippen molar-refractivity contribution in [1.29, 1.82) is 0 Å². The van der Waals surface area contributed by atoms with Gasteiger partial charge in [-0.15, -0.1) is 11.3 Å². The zero-order chi connectivity index (χ0) is 15.9. The normalized spacial score (nSPS) is 11.8. The molecule has 0 unspecified atom stereocenters. The number of rotatable bonds is 2. The summed E-state index contributed by atoms with van der Waals surface area (Å²) in [5, 5.41) is 4.38. The van der Waals surface area contributed by atoms with Gasteiger partial charge in [-0.1, -0.05) is 17.7 Å². The molecule has 0 amide bonds.